The molecular formula is C24H29ClSi2. The predicted octanol–water partition coefficient (Wildman–Crippen LogP) is 4.06. The van der Waals surface area contributed by atoms with Gasteiger partial charge in [-0.1, -0.05) is 113 Å². The average Bonchev–Trinajstić information content (AvgIpc) is 2.58. The molecule has 3 heteroatoms. The van der Waals surface area contributed by atoms with Crippen molar-refractivity contribution in [2.75, 3.05) is 0 Å². The molecule has 0 spiro atoms. The van der Waals surface area contributed by atoms with Crippen molar-refractivity contribution >= 4 is 49.2 Å². The molecule has 0 aliphatic rings. The van der Waals surface area contributed by atoms with E-state index in [-0.39, 0.29) is 0 Å². The van der Waals surface area contributed by atoms with E-state index in [9.17, 15) is 0 Å². The molecule has 3 rings (SSSR count). The molecule has 0 aromatic heterocycles. The van der Waals surface area contributed by atoms with Crippen molar-refractivity contribution in [3.8, 4) is 0 Å². The third kappa shape index (κ3) is 4.45. The Morgan fingerprint density at radius 1 is 0.741 bits per heavy atom. The fourth-order valence-corrected chi connectivity index (χ4v) is 9.10. The van der Waals surface area contributed by atoms with E-state index in [1.807, 2.05) is 12.1 Å². The number of hydrogen-bond acceptors (Lipinski definition) is 0. The average molecular weight is 409 g/mol. The monoisotopic (exact) mass is 408 g/mol. The van der Waals surface area contributed by atoms with Gasteiger partial charge >= 0.3 is 0 Å². The Morgan fingerprint density at radius 3 is 2.11 bits per heavy atom. The zero-order valence-electron chi connectivity index (χ0n) is 17.2. The Morgan fingerprint density at radius 2 is 1.44 bits per heavy atom. The Kier molecular flexibility index (Phi) is 5.80. The lowest BCUT2D eigenvalue weighted by Gasteiger charge is -2.25. The SMILES string of the molecule is Cc1cc([SiH](c2cc(C)ccc2C)c2ccccc2Cl)cc([Si](C)(C)C)c1. The van der Waals surface area contributed by atoms with Gasteiger partial charge in [0.05, 0.1) is 8.07 Å². The van der Waals surface area contributed by atoms with Crippen molar-refractivity contribution in [1.82, 2.24) is 0 Å². The molecule has 0 aliphatic heterocycles. The van der Waals surface area contributed by atoms with Gasteiger partial charge in [-0.25, -0.2) is 0 Å². The topological polar surface area (TPSA) is 0 Å². The summed E-state index contributed by atoms with van der Waals surface area (Å²) in [5.41, 5.74) is 4.05. The Labute approximate surface area is 171 Å². The van der Waals surface area contributed by atoms with E-state index >= 15 is 0 Å². The number of aryl methyl sites for hydroxylation is 3. The molecule has 0 amide bonds. The number of benzene rings is 3. The van der Waals surface area contributed by atoms with Gasteiger partial charge in [0.15, 0.2) is 0 Å². The van der Waals surface area contributed by atoms with Crippen molar-refractivity contribution in [3.05, 3.63) is 82.4 Å². The fourth-order valence-electron chi connectivity index (χ4n) is 3.72. The highest BCUT2D eigenvalue weighted by Gasteiger charge is 2.25. The summed E-state index contributed by atoms with van der Waals surface area (Å²) >= 11 is 6.72. The summed E-state index contributed by atoms with van der Waals surface area (Å²) in [7, 11) is -3.05. The lowest BCUT2D eigenvalue weighted by Crippen LogP contribution is -2.55. The molecule has 0 fully saturated rings. The van der Waals surface area contributed by atoms with Gasteiger partial charge in [0.25, 0.3) is 0 Å². The highest BCUT2D eigenvalue weighted by molar-refractivity contribution is 6.97. The summed E-state index contributed by atoms with van der Waals surface area (Å²) in [6.45, 7) is 13.9. The first-order chi connectivity index (χ1) is 12.7. The normalized spacial score (nSPS) is 12.9. The van der Waals surface area contributed by atoms with Crippen LogP contribution in [0.3, 0.4) is 0 Å². The van der Waals surface area contributed by atoms with Crippen molar-refractivity contribution in [2.45, 2.75) is 40.4 Å². The van der Waals surface area contributed by atoms with Crippen LogP contribution in [0.15, 0.2) is 60.7 Å². The molecule has 0 aliphatic carbocycles. The largest absolute Gasteiger partial charge is 0.135 e. The molecule has 3 aromatic carbocycles. The zero-order valence-corrected chi connectivity index (χ0v) is 20.1. The maximum absolute atomic E-state index is 6.72. The minimum absolute atomic E-state index is 0.895. The van der Waals surface area contributed by atoms with Crippen LogP contribution in [0.2, 0.25) is 24.7 Å². The summed E-state index contributed by atoms with van der Waals surface area (Å²) in [6, 6.07) is 22.5. The number of halogens is 1. The standard InChI is InChI=1S/C24H29ClSi2/c1-17-11-12-19(3)24(15-17)26(23-10-8-7-9-22(23)25)20-13-18(2)14-21(16-20)27(4,5)6/h7-16,26H,1-6H3. The summed E-state index contributed by atoms with van der Waals surface area (Å²) < 4.78 is 0. The molecule has 0 N–H and O–H groups in total. The fraction of sp³-hybridized carbons (Fsp3) is 0.250. The minimum Gasteiger partial charge on any atom is -0.0845 e. The first-order valence-electron chi connectivity index (χ1n) is 9.60. The molecular weight excluding hydrogens is 380 g/mol. The molecule has 0 nitrogen and oxygen atoms in total. The van der Waals surface area contributed by atoms with Crippen molar-refractivity contribution in [2.24, 2.45) is 0 Å². The van der Waals surface area contributed by atoms with Gasteiger partial charge in [0, 0.05) is 5.02 Å². The highest BCUT2D eigenvalue weighted by atomic mass is 35.5. The van der Waals surface area contributed by atoms with Gasteiger partial charge in [-0.3, -0.25) is 0 Å². The second-order valence-electron chi connectivity index (χ2n) is 8.70. The van der Waals surface area contributed by atoms with Gasteiger partial charge in [-0.15, -0.1) is 0 Å². The van der Waals surface area contributed by atoms with E-state index in [2.05, 4.69) is 88.9 Å². The van der Waals surface area contributed by atoms with Crippen LogP contribution >= 0.6 is 11.6 Å². The molecule has 3 aromatic rings. The van der Waals surface area contributed by atoms with Gasteiger partial charge in [0.1, 0.15) is 8.80 Å². The first-order valence-corrected chi connectivity index (χ1v) is 15.2. The van der Waals surface area contributed by atoms with Gasteiger partial charge in [-0.05, 0) is 37.2 Å². The maximum atomic E-state index is 6.72. The predicted molar refractivity (Wildman–Crippen MR) is 128 cm³/mol. The molecule has 1 atom stereocenters. The molecule has 0 saturated heterocycles. The van der Waals surface area contributed by atoms with Crippen LogP contribution in [0.5, 0.6) is 0 Å². The second kappa shape index (κ2) is 7.79. The molecule has 0 bridgehead atoms. The van der Waals surface area contributed by atoms with Crippen LogP contribution in [0, 0.1) is 20.8 Å². The minimum atomic E-state index is -1.65. The Hall–Kier alpha value is -1.62. The van der Waals surface area contributed by atoms with Crippen LogP contribution in [0.1, 0.15) is 16.7 Å². The smallest absolute Gasteiger partial charge is 0.0845 e. The van der Waals surface area contributed by atoms with Gasteiger partial charge in [0.2, 0.25) is 0 Å². The molecule has 27 heavy (non-hydrogen) atoms. The number of hydrogen-bond donors (Lipinski definition) is 0. The van der Waals surface area contributed by atoms with E-state index in [1.54, 1.807) is 0 Å². The van der Waals surface area contributed by atoms with E-state index in [1.165, 1.54) is 37.4 Å². The van der Waals surface area contributed by atoms with Gasteiger partial charge < -0.3 is 0 Å². The van der Waals surface area contributed by atoms with Crippen molar-refractivity contribution in [1.29, 1.82) is 0 Å². The lowest BCUT2D eigenvalue weighted by atomic mass is 10.2. The molecule has 0 heterocycles. The van der Waals surface area contributed by atoms with Crippen LogP contribution in [-0.2, 0) is 0 Å². The number of rotatable bonds is 4. The van der Waals surface area contributed by atoms with Crippen LogP contribution in [0.25, 0.3) is 0 Å². The quantitative estimate of drug-likeness (QED) is 0.451. The molecule has 0 saturated carbocycles. The van der Waals surface area contributed by atoms with E-state index in [0.29, 0.717) is 0 Å². The first kappa shape index (κ1) is 20.1. The third-order valence-corrected chi connectivity index (χ3v) is 11.2. The molecule has 0 radical (unpaired) electrons. The maximum Gasteiger partial charge on any atom is 0.135 e. The Bertz CT molecular complexity index is 970. The van der Waals surface area contributed by atoms with E-state index in [0.717, 1.165) is 5.02 Å². The van der Waals surface area contributed by atoms with Crippen LogP contribution < -0.4 is 20.7 Å². The van der Waals surface area contributed by atoms with E-state index < -0.39 is 16.9 Å². The third-order valence-electron chi connectivity index (χ3n) is 5.26. The van der Waals surface area contributed by atoms with Gasteiger partial charge in [-0.2, -0.15) is 0 Å². The van der Waals surface area contributed by atoms with Crippen molar-refractivity contribution < 1.29 is 0 Å². The van der Waals surface area contributed by atoms with Crippen LogP contribution in [-0.4, -0.2) is 16.9 Å². The van der Waals surface area contributed by atoms with Crippen LogP contribution in [0.4, 0.5) is 0 Å². The molecule has 1 unspecified atom stereocenters. The lowest BCUT2D eigenvalue weighted by molar-refractivity contribution is 1.42. The Balaban J connectivity index is 2.31. The summed E-state index contributed by atoms with van der Waals surface area (Å²) in [4.78, 5) is 0. The summed E-state index contributed by atoms with van der Waals surface area (Å²) in [6.07, 6.45) is 0. The zero-order chi connectivity index (χ0) is 19.8. The van der Waals surface area contributed by atoms with Crippen molar-refractivity contribution in [3.63, 3.8) is 0 Å². The summed E-state index contributed by atoms with van der Waals surface area (Å²) in [5.74, 6) is 0. The van der Waals surface area contributed by atoms with E-state index in [4.69, 9.17) is 11.6 Å². The highest BCUT2D eigenvalue weighted by Crippen LogP contribution is 2.11. The second-order valence-corrected chi connectivity index (χ2v) is 17.0. The molecule has 140 valence electrons. The summed E-state index contributed by atoms with van der Waals surface area (Å²) in [5, 5.41) is 6.71.